The minimum atomic E-state index is 0.229. The SMILES string of the molecule is COc1cccc(-c2noc(C3CCN(C(=O)C4CCCCC4)CC3)n2)c1. The first kappa shape index (κ1) is 18.0. The second-order valence-electron chi connectivity index (χ2n) is 7.62. The number of hydrogen-bond donors (Lipinski definition) is 0. The largest absolute Gasteiger partial charge is 0.497 e. The minimum Gasteiger partial charge on any atom is -0.497 e. The summed E-state index contributed by atoms with van der Waals surface area (Å²) < 4.78 is 10.8. The van der Waals surface area contributed by atoms with Gasteiger partial charge in [-0.25, -0.2) is 0 Å². The first-order valence-electron chi connectivity index (χ1n) is 10.0. The van der Waals surface area contributed by atoms with Gasteiger partial charge in [-0.1, -0.05) is 36.6 Å². The fourth-order valence-corrected chi connectivity index (χ4v) is 4.24. The Morgan fingerprint density at radius 3 is 2.67 bits per heavy atom. The lowest BCUT2D eigenvalue weighted by atomic mass is 9.87. The Bertz CT molecular complexity index is 774. The second kappa shape index (κ2) is 8.11. The zero-order chi connectivity index (χ0) is 18.6. The maximum atomic E-state index is 12.7. The molecule has 0 N–H and O–H groups in total. The molecule has 6 nitrogen and oxygen atoms in total. The van der Waals surface area contributed by atoms with Crippen molar-refractivity contribution in [3.63, 3.8) is 0 Å². The number of carbonyl (C=O) groups is 1. The zero-order valence-corrected chi connectivity index (χ0v) is 15.9. The molecule has 2 aromatic rings. The Kier molecular flexibility index (Phi) is 5.41. The van der Waals surface area contributed by atoms with Gasteiger partial charge >= 0.3 is 0 Å². The highest BCUT2D eigenvalue weighted by molar-refractivity contribution is 5.79. The Balaban J connectivity index is 1.37. The molecule has 1 aliphatic heterocycles. The number of hydrogen-bond acceptors (Lipinski definition) is 5. The van der Waals surface area contributed by atoms with Gasteiger partial charge in [0.25, 0.3) is 0 Å². The van der Waals surface area contributed by atoms with E-state index in [2.05, 4.69) is 10.1 Å². The number of rotatable bonds is 4. The van der Waals surface area contributed by atoms with Gasteiger partial charge in [-0.15, -0.1) is 0 Å². The molecule has 0 atom stereocenters. The predicted molar refractivity (Wildman–Crippen MR) is 101 cm³/mol. The topological polar surface area (TPSA) is 68.5 Å². The highest BCUT2D eigenvalue weighted by Crippen LogP contribution is 2.31. The third-order valence-electron chi connectivity index (χ3n) is 5.88. The summed E-state index contributed by atoms with van der Waals surface area (Å²) in [5, 5.41) is 4.14. The summed E-state index contributed by atoms with van der Waals surface area (Å²) >= 11 is 0. The standard InChI is InChI=1S/C21H27N3O3/c1-26-18-9-5-8-17(14-18)19-22-20(27-23-19)15-10-12-24(13-11-15)21(25)16-6-3-2-4-7-16/h5,8-9,14-16H,2-4,6-7,10-13H2,1H3. The number of likely N-dealkylation sites (tertiary alicyclic amines) is 1. The molecule has 0 unspecified atom stereocenters. The van der Waals surface area contributed by atoms with Crippen molar-refractivity contribution < 1.29 is 14.1 Å². The van der Waals surface area contributed by atoms with E-state index in [1.165, 1.54) is 19.3 Å². The van der Waals surface area contributed by atoms with Crippen molar-refractivity contribution in [2.24, 2.45) is 5.92 Å². The molecule has 1 aromatic carbocycles. The monoisotopic (exact) mass is 369 g/mol. The van der Waals surface area contributed by atoms with E-state index in [-0.39, 0.29) is 11.8 Å². The molecule has 2 heterocycles. The van der Waals surface area contributed by atoms with Gasteiger partial charge in [0, 0.05) is 30.5 Å². The number of methoxy groups -OCH3 is 1. The molecule has 0 radical (unpaired) electrons. The molecule has 1 saturated heterocycles. The van der Waals surface area contributed by atoms with Crippen LogP contribution in [0.1, 0.15) is 56.8 Å². The Hall–Kier alpha value is -2.37. The van der Waals surface area contributed by atoms with Crippen LogP contribution in [0.2, 0.25) is 0 Å². The van der Waals surface area contributed by atoms with Crippen LogP contribution in [-0.4, -0.2) is 41.1 Å². The first-order valence-corrected chi connectivity index (χ1v) is 10.0. The quantitative estimate of drug-likeness (QED) is 0.814. The van der Waals surface area contributed by atoms with Crippen molar-refractivity contribution in [1.82, 2.24) is 15.0 Å². The van der Waals surface area contributed by atoms with Crippen LogP contribution < -0.4 is 4.74 Å². The summed E-state index contributed by atoms with van der Waals surface area (Å²) in [6.45, 7) is 1.58. The fourth-order valence-electron chi connectivity index (χ4n) is 4.24. The van der Waals surface area contributed by atoms with E-state index in [9.17, 15) is 4.79 Å². The summed E-state index contributed by atoms with van der Waals surface area (Å²) in [5.74, 6) is 2.87. The molecule has 2 aliphatic rings. The Morgan fingerprint density at radius 1 is 1.15 bits per heavy atom. The van der Waals surface area contributed by atoms with Gasteiger partial charge in [-0.3, -0.25) is 4.79 Å². The van der Waals surface area contributed by atoms with Crippen LogP contribution in [0, 0.1) is 5.92 Å². The van der Waals surface area contributed by atoms with E-state index in [1.54, 1.807) is 7.11 Å². The third-order valence-corrected chi connectivity index (χ3v) is 5.88. The molecule has 144 valence electrons. The molecule has 0 bridgehead atoms. The van der Waals surface area contributed by atoms with Crippen LogP contribution in [0.3, 0.4) is 0 Å². The first-order chi connectivity index (χ1) is 13.2. The summed E-state index contributed by atoms with van der Waals surface area (Å²) in [4.78, 5) is 19.4. The van der Waals surface area contributed by atoms with E-state index in [4.69, 9.17) is 9.26 Å². The average molecular weight is 369 g/mol. The van der Waals surface area contributed by atoms with E-state index in [0.29, 0.717) is 17.6 Å². The highest BCUT2D eigenvalue weighted by Gasteiger charge is 2.31. The maximum absolute atomic E-state index is 12.7. The summed E-state index contributed by atoms with van der Waals surface area (Å²) in [6.07, 6.45) is 7.57. The smallest absolute Gasteiger partial charge is 0.230 e. The van der Waals surface area contributed by atoms with E-state index >= 15 is 0 Å². The lowest BCUT2D eigenvalue weighted by Gasteiger charge is -2.34. The van der Waals surface area contributed by atoms with Crippen LogP contribution >= 0.6 is 0 Å². The van der Waals surface area contributed by atoms with Gasteiger partial charge in [0.05, 0.1) is 7.11 Å². The number of amides is 1. The molecule has 1 amide bonds. The molecule has 1 aliphatic carbocycles. The molecule has 1 aromatic heterocycles. The van der Waals surface area contributed by atoms with Crippen molar-refractivity contribution >= 4 is 5.91 Å². The van der Waals surface area contributed by atoms with Crippen molar-refractivity contribution in [3.8, 4) is 17.1 Å². The Labute approximate surface area is 159 Å². The van der Waals surface area contributed by atoms with Crippen molar-refractivity contribution in [1.29, 1.82) is 0 Å². The molecule has 1 saturated carbocycles. The van der Waals surface area contributed by atoms with Crippen LogP contribution in [-0.2, 0) is 4.79 Å². The van der Waals surface area contributed by atoms with Gasteiger partial charge in [-0.05, 0) is 37.8 Å². The number of aromatic nitrogens is 2. The predicted octanol–water partition coefficient (Wildman–Crippen LogP) is 4.03. The van der Waals surface area contributed by atoms with E-state index in [1.807, 2.05) is 29.2 Å². The number of piperidine rings is 1. The molecular weight excluding hydrogens is 342 g/mol. The van der Waals surface area contributed by atoms with Crippen molar-refractivity contribution in [2.45, 2.75) is 50.9 Å². The second-order valence-corrected chi connectivity index (χ2v) is 7.62. The lowest BCUT2D eigenvalue weighted by Crippen LogP contribution is -2.41. The molecule has 2 fully saturated rings. The van der Waals surface area contributed by atoms with Crippen molar-refractivity contribution in [3.05, 3.63) is 30.2 Å². The van der Waals surface area contributed by atoms with E-state index < -0.39 is 0 Å². The molecular formula is C21H27N3O3. The molecule has 27 heavy (non-hydrogen) atoms. The van der Waals surface area contributed by atoms with Gasteiger partial charge in [0.2, 0.25) is 17.6 Å². The molecule has 4 rings (SSSR count). The normalized spacial score (nSPS) is 19.2. The van der Waals surface area contributed by atoms with Crippen LogP contribution in [0.5, 0.6) is 5.75 Å². The Morgan fingerprint density at radius 2 is 1.93 bits per heavy atom. The van der Waals surface area contributed by atoms with Crippen LogP contribution in [0.25, 0.3) is 11.4 Å². The average Bonchev–Trinajstić information content (AvgIpc) is 3.24. The van der Waals surface area contributed by atoms with Gasteiger partial charge in [-0.2, -0.15) is 4.98 Å². The molecule has 6 heteroatoms. The minimum absolute atomic E-state index is 0.229. The van der Waals surface area contributed by atoms with Crippen molar-refractivity contribution in [2.75, 3.05) is 20.2 Å². The number of benzene rings is 1. The summed E-state index contributed by atoms with van der Waals surface area (Å²) in [7, 11) is 1.64. The fraction of sp³-hybridized carbons (Fsp3) is 0.571. The molecule has 0 spiro atoms. The van der Waals surface area contributed by atoms with Gasteiger partial charge in [0.1, 0.15) is 5.75 Å². The third kappa shape index (κ3) is 3.99. The number of carbonyl (C=O) groups excluding carboxylic acids is 1. The summed E-state index contributed by atoms with van der Waals surface area (Å²) in [6, 6.07) is 7.66. The zero-order valence-electron chi connectivity index (χ0n) is 15.9. The lowest BCUT2D eigenvalue weighted by molar-refractivity contribution is -0.137. The number of ether oxygens (including phenoxy) is 1. The maximum Gasteiger partial charge on any atom is 0.230 e. The van der Waals surface area contributed by atoms with Crippen LogP contribution in [0.15, 0.2) is 28.8 Å². The highest BCUT2D eigenvalue weighted by atomic mass is 16.5. The summed E-state index contributed by atoms with van der Waals surface area (Å²) in [5.41, 5.74) is 0.884. The van der Waals surface area contributed by atoms with E-state index in [0.717, 1.165) is 50.1 Å². The number of nitrogens with zero attached hydrogens (tertiary/aromatic N) is 3. The van der Waals surface area contributed by atoms with Crippen LogP contribution in [0.4, 0.5) is 0 Å². The van der Waals surface area contributed by atoms with Gasteiger partial charge in [0.15, 0.2) is 0 Å². The van der Waals surface area contributed by atoms with Gasteiger partial charge < -0.3 is 14.2 Å².